The van der Waals surface area contributed by atoms with Gasteiger partial charge < -0.3 is 42.1 Å². The standard InChI is InChI=1S/C31H42N6O6.C2H4O2/c1-36(29(42)22(32)17-20-9-11-21(38)12-10-20)25(30(43)37-16-6-8-24(37)28(41)35-19-26(33)39)18-31(13-3-2-4-14-31)27(40)23-7-5-15-34-23;1-2(3)4/h2-4,9-13,22-25,34,38H,5-8,14-19,32H2,1H3,(H2,33,39)(H,35,41);1H3,(H,3,4)/t22-,23-,24+,25-,31?;/m0./s1. The molecule has 2 saturated heterocycles. The van der Waals surface area contributed by atoms with E-state index in [0.29, 0.717) is 25.7 Å². The number of nitrogens with two attached hydrogens (primary N) is 2. The number of hydrogen-bond donors (Lipinski definition) is 6. The van der Waals surface area contributed by atoms with Gasteiger partial charge >= 0.3 is 0 Å². The Morgan fingerprint density at radius 3 is 2.36 bits per heavy atom. The number of ketones is 1. The van der Waals surface area contributed by atoms with Crippen LogP contribution in [0.5, 0.6) is 5.75 Å². The first-order valence-corrected chi connectivity index (χ1v) is 15.7. The van der Waals surface area contributed by atoms with Gasteiger partial charge in [-0.25, -0.2) is 0 Å². The Hall–Kier alpha value is -4.56. The highest BCUT2D eigenvalue weighted by molar-refractivity contribution is 5.96. The van der Waals surface area contributed by atoms with E-state index in [1.54, 1.807) is 18.2 Å². The molecule has 1 unspecified atom stereocenters. The smallest absolute Gasteiger partial charge is 0.300 e. The third kappa shape index (κ3) is 9.96. The van der Waals surface area contributed by atoms with Crippen molar-refractivity contribution in [1.29, 1.82) is 0 Å². The molecule has 0 aromatic heterocycles. The summed E-state index contributed by atoms with van der Waals surface area (Å²) in [6.07, 6.45) is 10.4. The van der Waals surface area contributed by atoms with E-state index in [4.69, 9.17) is 21.4 Å². The van der Waals surface area contributed by atoms with Crippen LogP contribution in [0.1, 0.15) is 51.0 Å². The van der Waals surface area contributed by atoms with E-state index in [-0.39, 0.29) is 43.5 Å². The highest BCUT2D eigenvalue weighted by atomic mass is 16.4. The van der Waals surface area contributed by atoms with E-state index in [1.807, 2.05) is 18.2 Å². The minimum Gasteiger partial charge on any atom is -0.508 e. The van der Waals surface area contributed by atoms with Gasteiger partial charge in [0, 0.05) is 20.5 Å². The molecule has 0 radical (unpaired) electrons. The molecule has 4 rings (SSSR count). The molecule has 14 nitrogen and oxygen atoms in total. The molecule has 4 amide bonds. The van der Waals surface area contributed by atoms with Crippen LogP contribution in [-0.2, 0) is 35.2 Å². The zero-order chi connectivity index (χ0) is 34.7. The number of benzene rings is 1. The second kappa shape index (κ2) is 16.8. The van der Waals surface area contributed by atoms with Crippen LogP contribution < -0.4 is 22.1 Å². The molecule has 8 N–H and O–H groups in total. The van der Waals surface area contributed by atoms with E-state index in [2.05, 4.69) is 10.6 Å². The molecule has 1 aromatic carbocycles. The lowest BCUT2D eigenvalue weighted by Crippen LogP contribution is -2.58. The number of phenols is 1. The zero-order valence-electron chi connectivity index (χ0n) is 26.9. The number of allylic oxidation sites excluding steroid dienone is 4. The number of carbonyl (C=O) groups is 6. The molecular formula is C33H46N6O8. The maximum atomic E-state index is 14.3. The van der Waals surface area contributed by atoms with E-state index in [0.717, 1.165) is 25.5 Å². The number of rotatable bonds is 12. The van der Waals surface area contributed by atoms with Gasteiger partial charge in [-0.05, 0) is 69.2 Å². The number of likely N-dealkylation sites (N-methyl/N-ethyl adjacent to an activating group) is 1. The fourth-order valence-corrected chi connectivity index (χ4v) is 6.26. The first-order valence-electron chi connectivity index (χ1n) is 15.7. The molecule has 256 valence electrons. The van der Waals surface area contributed by atoms with Crippen molar-refractivity contribution in [3.63, 3.8) is 0 Å². The number of carbonyl (C=O) groups excluding carboxylic acids is 5. The Kier molecular flexibility index (Phi) is 13.2. The van der Waals surface area contributed by atoms with Crippen LogP contribution in [0.4, 0.5) is 0 Å². The number of amides is 4. The molecule has 0 bridgehead atoms. The van der Waals surface area contributed by atoms with Crippen LogP contribution in [0.15, 0.2) is 48.6 Å². The monoisotopic (exact) mass is 654 g/mol. The van der Waals surface area contributed by atoms with E-state index in [9.17, 15) is 29.1 Å². The van der Waals surface area contributed by atoms with Crippen LogP contribution in [0, 0.1) is 5.41 Å². The summed E-state index contributed by atoms with van der Waals surface area (Å²) >= 11 is 0. The van der Waals surface area contributed by atoms with E-state index in [1.165, 1.54) is 29.0 Å². The van der Waals surface area contributed by atoms with Crippen LogP contribution in [0.25, 0.3) is 0 Å². The Morgan fingerprint density at radius 2 is 1.79 bits per heavy atom. The summed E-state index contributed by atoms with van der Waals surface area (Å²) in [6.45, 7) is 1.75. The Bertz CT molecular complexity index is 1370. The zero-order valence-corrected chi connectivity index (χ0v) is 26.9. The van der Waals surface area contributed by atoms with Gasteiger partial charge in [0.05, 0.1) is 24.0 Å². The lowest BCUT2D eigenvalue weighted by atomic mass is 9.70. The van der Waals surface area contributed by atoms with Gasteiger partial charge in [-0.15, -0.1) is 0 Å². The fraction of sp³-hybridized carbons (Fsp3) is 0.515. The molecule has 1 aromatic rings. The summed E-state index contributed by atoms with van der Waals surface area (Å²) in [5, 5.41) is 22.8. The van der Waals surface area contributed by atoms with Crippen molar-refractivity contribution in [3.05, 3.63) is 54.1 Å². The summed E-state index contributed by atoms with van der Waals surface area (Å²) < 4.78 is 0. The predicted molar refractivity (Wildman–Crippen MR) is 173 cm³/mol. The van der Waals surface area contributed by atoms with Gasteiger partial charge in [0.25, 0.3) is 5.97 Å². The van der Waals surface area contributed by atoms with Crippen molar-refractivity contribution in [2.24, 2.45) is 16.9 Å². The molecule has 1 aliphatic carbocycles. The van der Waals surface area contributed by atoms with Crippen molar-refractivity contribution in [2.75, 3.05) is 26.7 Å². The molecule has 0 saturated carbocycles. The number of carboxylic acids is 1. The largest absolute Gasteiger partial charge is 0.508 e. The van der Waals surface area contributed by atoms with Gasteiger partial charge in [0.2, 0.25) is 23.6 Å². The lowest BCUT2D eigenvalue weighted by molar-refractivity contribution is -0.149. The third-order valence-corrected chi connectivity index (χ3v) is 8.65. The second-order valence-corrected chi connectivity index (χ2v) is 12.2. The molecule has 2 aliphatic heterocycles. The average molecular weight is 655 g/mol. The number of nitrogens with one attached hydrogen (secondary N) is 2. The van der Waals surface area contributed by atoms with E-state index < -0.39 is 53.1 Å². The van der Waals surface area contributed by atoms with Crippen LogP contribution in [0.3, 0.4) is 0 Å². The van der Waals surface area contributed by atoms with Crippen molar-refractivity contribution in [3.8, 4) is 5.75 Å². The van der Waals surface area contributed by atoms with Crippen molar-refractivity contribution in [1.82, 2.24) is 20.4 Å². The summed E-state index contributed by atoms with van der Waals surface area (Å²) in [5.74, 6) is -2.92. The molecule has 0 spiro atoms. The summed E-state index contributed by atoms with van der Waals surface area (Å²) in [6, 6.07) is 3.08. The number of nitrogens with zero attached hydrogens (tertiary/aromatic N) is 2. The fourth-order valence-electron chi connectivity index (χ4n) is 6.26. The van der Waals surface area contributed by atoms with Crippen molar-refractivity contribution >= 4 is 35.4 Å². The highest BCUT2D eigenvalue weighted by Gasteiger charge is 2.47. The minimum atomic E-state index is -1.09. The normalized spacial score (nSPS) is 22.8. The van der Waals surface area contributed by atoms with Crippen molar-refractivity contribution < 1.29 is 39.0 Å². The molecular weight excluding hydrogens is 608 g/mol. The SMILES string of the molecule is CC(=O)O.CN(C(=O)[C@@H](N)Cc1ccc(O)cc1)[C@@H](CC1(C(=O)[C@@H]2CCCN2)C=CC=CC1)C(=O)N1CCC[C@@H]1C(=O)NCC(N)=O. The van der Waals surface area contributed by atoms with E-state index >= 15 is 0 Å². The summed E-state index contributed by atoms with van der Waals surface area (Å²) in [5.41, 5.74) is 11.2. The molecule has 2 fully saturated rings. The number of aromatic hydroxyl groups is 1. The number of primary amides is 1. The molecule has 47 heavy (non-hydrogen) atoms. The molecule has 2 heterocycles. The van der Waals surface area contributed by atoms with Crippen molar-refractivity contribution in [2.45, 2.75) is 76.0 Å². The number of carboxylic acid groups (broad SMARTS) is 1. The Balaban J connectivity index is 0.00000142. The molecule has 14 heteroatoms. The maximum Gasteiger partial charge on any atom is 0.300 e. The van der Waals surface area contributed by atoms with Gasteiger partial charge in [0.15, 0.2) is 5.78 Å². The average Bonchev–Trinajstić information content (AvgIpc) is 3.76. The number of Topliss-reactive ketones (excluding diaryl/α,β-unsaturated/α-hetero) is 1. The minimum absolute atomic E-state index is 0.0178. The van der Waals surface area contributed by atoms with Crippen LogP contribution in [-0.4, -0.2) is 106 Å². The van der Waals surface area contributed by atoms with Gasteiger partial charge in [-0.2, -0.15) is 0 Å². The number of aliphatic carboxylic acids is 1. The number of likely N-dealkylation sites (tertiary alicyclic amines) is 1. The summed E-state index contributed by atoms with van der Waals surface area (Å²) in [7, 11) is 1.51. The lowest BCUT2D eigenvalue weighted by Gasteiger charge is -2.40. The number of phenolic OH excluding ortho intramolecular Hbond substituents is 1. The Labute approximate surface area is 274 Å². The number of hydrogen-bond acceptors (Lipinski definition) is 9. The predicted octanol–water partition coefficient (Wildman–Crippen LogP) is -0.0139. The summed E-state index contributed by atoms with van der Waals surface area (Å²) in [4.78, 5) is 78.0. The van der Waals surface area contributed by atoms with Gasteiger partial charge in [0.1, 0.15) is 17.8 Å². The quantitative estimate of drug-likeness (QED) is 0.177. The first-order chi connectivity index (χ1) is 22.3. The van der Waals surface area contributed by atoms with Crippen LogP contribution in [0.2, 0.25) is 0 Å². The molecule has 3 aliphatic rings. The first kappa shape index (κ1) is 36.9. The van der Waals surface area contributed by atoms with Crippen LogP contribution >= 0.6 is 0 Å². The Morgan fingerprint density at radius 1 is 1.11 bits per heavy atom. The maximum absolute atomic E-state index is 14.3. The topological polar surface area (TPSA) is 225 Å². The van der Waals surface area contributed by atoms with Gasteiger partial charge in [-0.1, -0.05) is 36.4 Å². The molecule has 5 atom stereocenters. The third-order valence-electron chi connectivity index (χ3n) is 8.65. The van der Waals surface area contributed by atoms with Gasteiger partial charge in [-0.3, -0.25) is 28.8 Å². The highest BCUT2D eigenvalue weighted by Crippen LogP contribution is 2.38. The second-order valence-electron chi connectivity index (χ2n) is 12.2.